The summed E-state index contributed by atoms with van der Waals surface area (Å²) in [5.74, 6) is 0.715. The summed E-state index contributed by atoms with van der Waals surface area (Å²) in [6.07, 6.45) is 7.83. The zero-order valence-corrected chi connectivity index (χ0v) is 15.3. The van der Waals surface area contributed by atoms with Crippen LogP contribution in [0.1, 0.15) is 12.8 Å². The normalized spacial score (nSPS) is 14.1. The molecule has 0 radical (unpaired) electrons. The number of thiazole rings is 1. The minimum Gasteiger partial charge on any atom is -0.494 e. The molecule has 0 aromatic carbocycles. The summed E-state index contributed by atoms with van der Waals surface area (Å²) in [5.41, 5.74) is 3.60. The van der Waals surface area contributed by atoms with Crippen molar-refractivity contribution in [3.05, 3.63) is 41.1 Å². The number of hydrogen-bond donors (Lipinski definition) is 0. The molecule has 0 amide bonds. The second kappa shape index (κ2) is 6.98. The maximum atomic E-state index is 6.01. The maximum Gasteiger partial charge on any atom is 0.145 e. The third-order valence-corrected chi connectivity index (χ3v) is 5.38. The van der Waals surface area contributed by atoms with Gasteiger partial charge in [0.05, 0.1) is 30.9 Å². The van der Waals surface area contributed by atoms with E-state index in [1.807, 2.05) is 24.5 Å². The molecule has 0 spiro atoms. The molecule has 0 bridgehead atoms. The second-order valence-electron chi connectivity index (χ2n) is 5.84. The summed E-state index contributed by atoms with van der Waals surface area (Å²) in [7, 11) is 1.65. The molecule has 25 heavy (non-hydrogen) atoms. The van der Waals surface area contributed by atoms with E-state index in [4.69, 9.17) is 21.3 Å². The van der Waals surface area contributed by atoms with Crippen LogP contribution in [0.25, 0.3) is 22.0 Å². The van der Waals surface area contributed by atoms with E-state index in [0.717, 1.165) is 40.7 Å². The van der Waals surface area contributed by atoms with E-state index >= 15 is 0 Å². The standard InChI is InChI=1S/C18H17ClN4OS/c1-24-15-5-4-14(18-21-11-16(19)25-18)22-17(15)12-8-13(10-20-9-12)23-6-2-3-7-23/h4-5,8-11H,2-3,6-7H2,1H3. The highest BCUT2D eigenvalue weighted by Gasteiger charge is 2.16. The molecule has 5 nitrogen and oxygen atoms in total. The van der Waals surface area contributed by atoms with Crippen LogP contribution in [0.3, 0.4) is 0 Å². The van der Waals surface area contributed by atoms with Crippen molar-refractivity contribution in [3.8, 4) is 27.7 Å². The quantitative estimate of drug-likeness (QED) is 0.673. The minimum absolute atomic E-state index is 0.645. The summed E-state index contributed by atoms with van der Waals surface area (Å²) in [6.45, 7) is 2.15. The predicted octanol–water partition coefficient (Wildman–Crippen LogP) is 4.53. The van der Waals surface area contributed by atoms with Crippen molar-refractivity contribution in [3.63, 3.8) is 0 Å². The molecule has 0 saturated carbocycles. The van der Waals surface area contributed by atoms with Gasteiger partial charge in [-0.05, 0) is 31.0 Å². The van der Waals surface area contributed by atoms with Gasteiger partial charge >= 0.3 is 0 Å². The summed E-state index contributed by atoms with van der Waals surface area (Å²) in [4.78, 5) is 15.9. The molecular weight excluding hydrogens is 356 g/mol. The molecule has 1 aliphatic heterocycles. The van der Waals surface area contributed by atoms with Gasteiger partial charge in [0.15, 0.2) is 0 Å². The van der Waals surface area contributed by atoms with Gasteiger partial charge in [0, 0.05) is 24.8 Å². The molecule has 1 fully saturated rings. The Kier molecular flexibility index (Phi) is 4.55. The molecule has 3 aromatic heterocycles. The third kappa shape index (κ3) is 3.32. The van der Waals surface area contributed by atoms with Crippen LogP contribution in [-0.2, 0) is 0 Å². The van der Waals surface area contributed by atoms with Gasteiger partial charge < -0.3 is 9.64 Å². The smallest absolute Gasteiger partial charge is 0.145 e. The summed E-state index contributed by atoms with van der Waals surface area (Å²) in [5, 5.41) is 0.789. The minimum atomic E-state index is 0.645. The van der Waals surface area contributed by atoms with Gasteiger partial charge in [0.25, 0.3) is 0 Å². The van der Waals surface area contributed by atoms with E-state index in [2.05, 4.69) is 20.9 Å². The molecule has 0 atom stereocenters. The lowest BCUT2D eigenvalue weighted by atomic mass is 10.1. The van der Waals surface area contributed by atoms with Crippen molar-refractivity contribution in [2.45, 2.75) is 12.8 Å². The van der Waals surface area contributed by atoms with Crippen LogP contribution in [0.2, 0.25) is 4.34 Å². The first-order valence-corrected chi connectivity index (χ1v) is 9.31. The molecular formula is C18H17ClN4OS. The highest BCUT2D eigenvalue weighted by molar-refractivity contribution is 7.18. The van der Waals surface area contributed by atoms with Crippen LogP contribution < -0.4 is 9.64 Å². The Morgan fingerprint density at radius 2 is 2.00 bits per heavy atom. The van der Waals surface area contributed by atoms with E-state index in [9.17, 15) is 0 Å². The molecule has 4 heterocycles. The number of ether oxygens (including phenoxy) is 1. The Labute approximate surface area is 155 Å². The Morgan fingerprint density at radius 3 is 2.72 bits per heavy atom. The molecule has 128 valence electrons. The summed E-state index contributed by atoms with van der Waals surface area (Å²) >= 11 is 7.42. The lowest BCUT2D eigenvalue weighted by molar-refractivity contribution is 0.415. The highest BCUT2D eigenvalue weighted by atomic mass is 35.5. The Morgan fingerprint density at radius 1 is 1.16 bits per heavy atom. The predicted molar refractivity (Wildman–Crippen MR) is 102 cm³/mol. The fourth-order valence-electron chi connectivity index (χ4n) is 3.02. The van der Waals surface area contributed by atoms with Crippen molar-refractivity contribution in [1.82, 2.24) is 15.0 Å². The number of methoxy groups -OCH3 is 1. The number of hydrogen-bond acceptors (Lipinski definition) is 6. The van der Waals surface area contributed by atoms with Gasteiger partial charge in [0.2, 0.25) is 0 Å². The van der Waals surface area contributed by atoms with E-state index in [-0.39, 0.29) is 0 Å². The van der Waals surface area contributed by atoms with Crippen LogP contribution in [0.15, 0.2) is 36.8 Å². The van der Waals surface area contributed by atoms with Gasteiger partial charge in [-0.15, -0.1) is 11.3 Å². The number of halogens is 1. The monoisotopic (exact) mass is 372 g/mol. The Bertz CT molecular complexity index is 892. The molecule has 3 aromatic rings. The third-order valence-electron chi connectivity index (χ3n) is 4.24. The van der Waals surface area contributed by atoms with Crippen molar-refractivity contribution in [1.29, 1.82) is 0 Å². The first-order valence-electron chi connectivity index (χ1n) is 8.12. The van der Waals surface area contributed by atoms with E-state index in [1.54, 1.807) is 13.3 Å². The number of nitrogens with zero attached hydrogens (tertiary/aromatic N) is 4. The van der Waals surface area contributed by atoms with Crippen LogP contribution in [0.4, 0.5) is 5.69 Å². The van der Waals surface area contributed by atoms with Gasteiger partial charge in [-0.2, -0.15) is 0 Å². The number of aromatic nitrogens is 3. The largest absolute Gasteiger partial charge is 0.494 e. The summed E-state index contributed by atoms with van der Waals surface area (Å²) in [6, 6.07) is 5.94. The molecule has 0 aliphatic carbocycles. The fourth-order valence-corrected chi connectivity index (χ4v) is 3.90. The van der Waals surface area contributed by atoms with Gasteiger partial charge in [-0.25, -0.2) is 9.97 Å². The second-order valence-corrected chi connectivity index (χ2v) is 7.50. The highest BCUT2D eigenvalue weighted by Crippen LogP contribution is 2.34. The van der Waals surface area contributed by atoms with Gasteiger partial charge in [-0.3, -0.25) is 4.98 Å². The van der Waals surface area contributed by atoms with Crippen LogP contribution >= 0.6 is 22.9 Å². The van der Waals surface area contributed by atoms with Crippen molar-refractivity contribution < 1.29 is 4.74 Å². The Balaban J connectivity index is 1.76. The van der Waals surface area contributed by atoms with E-state index < -0.39 is 0 Å². The fraction of sp³-hybridized carbons (Fsp3) is 0.278. The van der Waals surface area contributed by atoms with Gasteiger partial charge in [-0.1, -0.05) is 11.6 Å². The number of pyridine rings is 2. The van der Waals surface area contributed by atoms with Crippen molar-refractivity contribution in [2.75, 3.05) is 25.1 Å². The molecule has 0 N–H and O–H groups in total. The first-order chi connectivity index (χ1) is 12.2. The van der Waals surface area contributed by atoms with Crippen molar-refractivity contribution in [2.24, 2.45) is 0 Å². The maximum absolute atomic E-state index is 6.01. The zero-order valence-electron chi connectivity index (χ0n) is 13.8. The average Bonchev–Trinajstić information content (AvgIpc) is 3.33. The topological polar surface area (TPSA) is 51.1 Å². The lowest BCUT2D eigenvalue weighted by Gasteiger charge is -2.18. The number of anilines is 1. The van der Waals surface area contributed by atoms with Crippen LogP contribution in [0, 0.1) is 0 Å². The molecule has 4 rings (SSSR count). The van der Waals surface area contributed by atoms with Crippen LogP contribution in [0.5, 0.6) is 5.75 Å². The van der Waals surface area contributed by atoms with Gasteiger partial charge in [0.1, 0.15) is 20.8 Å². The van der Waals surface area contributed by atoms with Crippen molar-refractivity contribution >= 4 is 28.6 Å². The van der Waals surface area contributed by atoms with Crippen LogP contribution in [-0.4, -0.2) is 35.2 Å². The molecule has 1 aliphatic rings. The number of rotatable bonds is 4. The average molecular weight is 373 g/mol. The molecule has 0 unspecified atom stereocenters. The summed E-state index contributed by atoms with van der Waals surface area (Å²) < 4.78 is 6.16. The SMILES string of the molecule is COc1ccc(-c2ncc(Cl)s2)nc1-c1cncc(N2CCCC2)c1. The molecule has 7 heteroatoms. The van der Waals surface area contributed by atoms with E-state index in [0.29, 0.717) is 10.1 Å². The lowest BCUT2D eigenvalue weighted by Crippen LogP contribution is -2.17. The van der Waals surface area contributed by atoms with E-state index in [1.165, 1.54) is 24.2 Å². The molecule has 1 saturated heterocycles. The first kappa shape index (κ1) is 16.3. The zero-order chi connectivity index (χ0) is 17.2. The Hall–Kier alpha value is -2.18.